The first-order valence-corrected chi connectivity index (χ1v) is 8.94. The summed E-state index contributed by atoms with van der Waals surface area (Å²) in [5, 5.41) is 7.57. The molecule has 150 valence electrons. The summed E-state index contributed by atoms with van der Waals surface area (Å²) in [4.78, 5) is 20.7. The summed E-state index contributed by atoms with van der Waals surface area (Å²) >= 11 is 6.22. The minimum atomic E-state index is -0.854. The lowest BCUT2D eigenvalue weighted by Gasteiger charge is -2.16. The van der Waals surface area contributed by atoms with Gasteiger partial charge in [-0.1, -0.05) is 11.6 Å². The van der Waals surface area contributed by atoms with Crippen LogP contribution in [0.15, 0.2) is 35.4 Å². The number of ether oxygens (including phenoxy) is 1. The summed E-state index contributed by atoms with van der Waals surface area (Å²) in [6.07, 6.45) is 2.46. The van der Waals surface area contributed by atoms with E-state index in [0.29, 0.717) is 23.1 Å². The normalized spacial score (nSPS) is 10.8. The summed E-state index contributed by atoms with van der Waals surface area (Å²) in [6, 6.07) is 3.88. The van der Waals surface area contributed by atoms with E-state index in [1.807, 2.05) is 0 Å². The van der Waals surface area contributed by atoms with E-state index >= 15 is 0 Å². The molecular formula is C20H17ClF2N4O2. The van der Waals surface area contributed by atoms with Crippen molar-refractivity contribution < 1.29 is 13.5 Å². The molecule has 0 unspecified atom stereocenters. The average molecular weight is 419 g/mol. The van der Waals surface area contributed by atoms with Crippen LogP contribution >= 0.6 is 11.6 Å². The maximum atomic E-state index is 13.7. The molecule has 0 amide bonds. The van der Waals surface area contributed by atoms with Crippen LogP contribution < -0.4 is 10.3 Å². The lowest BCUT2D eigenvalue weighted by molar-refractivity contribution is 0.292. The Labute approximate surface area is 170 Å². The van der Waals surface area contributed by atoms with Gasteiger partial charge in [0.05, 0.1) is 23.3 Å². The van der Waals surface area contributed by atoms with E-state index in [0.717, 1.165) is 11.8 Å². The fraction of sp³-hybridized carbons (Fsp3) is 0.200. The third-order valence-electron chi connectivity index (χ3n) is 4.25. The van der Waals surface area contributed by atoms with E-state index < -0.39 is 17.2 Å². The van der Waals surface area contributed by atoms with Crippen molar-refractivity contribution in [3.05, 3.63) is 80.2 Å². The second kappa shape index (κ2) is 8.08. The van der Waals surface area contributed by atoms with Crippen LogP contribution in [0.5, 0.6) is 5.75 Å². The van der Waals surface area contributed by atoms with E-state index in [1.165, 1.54) is 4.57 Å². The van der Waals surface area contributed by atoms with E-state index in [1.54, 1.807) is 39.1 Å². The fourth-order valence-corrected chi connectivity index (χ4v) is 2.93. The average Bonchev–Trinajstić information content (AvgIpc) is 2.66. The quantitative estimate of drug-likeness (QED) is 0.631. The molecule has 0 spiro atoms. The van der Waals surface area contributed by atoms with Crippen molar-refractivity contribution in [2.45, 2.75) is 27.4 Å². The SMILES string of the molecule is CC(=N)c1cc(-n2c(C)cc(OCc3ncc(F)cc3F)c(Cl)c2=O)c(C)cn1. The molecule has 0 fully saturated rings. The lowest BCUT2D eigenvalue weighted by Crippen LogP contribution is -2.23. The highest BCUT2D eigenvalue weighted by molar-refractivity contribution is 6.31. The van der Waals surface area contributed by atoms with Crippen molar-refractivity contribution in [3.8, 4) is 11.4 Å². The van der Waals surface area contributed by atoms with Crippen molar-refractivity contribution in [3.63, 3.8) is 0 Å². The standard InChI is InChI=1S/C20H17ClF2N4O2/c1-10-7-25-15(12(3)24)6-17(10)27-11(2)4-18(19(21)20(27)28)29-9-16-14(23)5-13(22)8-26-16/h4-8,24H,9H2,1-3H3. The smallest absolute Gasteiger partial charge is 0.277 e. The molecule has 0 aromatic carbocycles. The van der Waals surface area contributed by atoms with Crippen LogP contribution in [0, 0.1) is 30.9 Å². The van der Waals surface area contributed by atoms with Crippen LogP contribution in [0.3, 0.4) is 0 Å². The van der Waals surface area contributed by atoms with E-state index in [4.69, 9.17) is 21.7 Å². The Bertz CT molecular complexity index is 1180. The first kappa shape index (κ1) is 20.6. The van der Waals surface area contributed by atoms with Crippen LogP contribution in [-0.2, 0) is 6.61 Å². The largest absolute Gasteiger partial charge is 0.485 e. The Morgan fingerprint density at radius 3 is 2.59 bits per heavy atom. The molecule has 0 saturated carbocycles. The maximum Gasteiger partial charge on any atom is 0.277 e. The molecule has 9 heteroatoms. The van der Waals surface area contributed by atoms with Crippen LogP contribution in [0.1, 0.15) is 29.6 Å². The van der Waals surface area contributed by atoms with Crippen LogP contribution in [0.2, 0.25) is 5.02 Å². The van der Waals surface area contributed by atoms with Gasteiger partial charge in [-0.2, -0.15) is 0 Å². The molecule has 3 heterocycles. The van der Waals surface area contributed by atoms with Crippen LogP contribution in [0.4, 0.5) is 8.78 Å². The number of pyridine rings is 3. The zero-order valence-corrected chi connectivity index (χ0v) is 16.6. The summed E-state index contributed by atoms with van der Waals surface area (Å²) in [6.45, 7) is 4.76. The molecular weight excluding hydrogens is 402 g/mol. The van der Waals surface area contributed by atoms with Crippen LogP contribution in [0.25, 0.3) is 5.69 Å². The summed E-state index contributed by atoms with van der Waals surface area (Å²) in [5.41, 5.74) is 1.84. The first-order valence-electron chi connectivity index (χ1n) is 8.56. The molecule has 3 rings (SSSR count). The highest BCUT2D eigenvalue weighted by Crippen LogP contribution is 2.25. The fourth-order valence-electron chi connectivity index (χ4n) is 2.74. The summed E-state index contributed by atoms with van der Waals surface area (Å²) in [7, 11) is 0. The molecule has 29 heavy (non-hydrogen) atoms. The molecule has 3 aromatic rings. The van der Waals surface area contributed by atoms with Crippen molar-refractivity contribution in [2.24, 2.45) is 0 Å². The van der Waals surface area contributed by atoms with Gasteiger partial charge in [-0.3, -0.25) is 19.3 Å². The third kappa shape index (κ3) is 4.17. The predicted octanol–water partition coefficient (Wildman–Crippen LogP) is 4.14. The van der Waals surface area contributed by atoms with Gasteiger partial charge < -0.3 is 10.1 Å². The Morgan fingerprint density at radius 1 is 1.21 bits per heavy atom. The van der Waals surface area contributed by atoms with Gasteiger partial charge in [0.25, 0.3) is 5.56 Å². The van der Waals surface area contributed by atoms with Crippen molar-refractivity contribution in [1.82, 2.24) is 14.5 Å². The zero-order valence-electron chi connectivity index (χ0n) is 15.9. The molecule has 0 aliphatic carbocycles. The molecule has 3 aromatic heterocycles. The molecule has 0 atom stereocenters. The van der Waals surface area contributed by atoms with Crippen LogP contribution in [-0.4, -0.2) is 20.2 Å². The first-order chi connectivity index (χ1) is 13.7. The Kier molecular flexibility index (Phi) is 5.74. The minimum Gasteiger partial charge on any atom is -0.485 e. The number of aryl methyl sites for hydroxylation is 2. The summed E-state index contributed by atoms with van der Waals surface area (Å²) in [5.74, 6) is -1.59. The molecule has 0 aliphatic heterocycles. The Balaban J connectivity index is 2.00. The van der Waals surface area contributed by atoms with E-state index in [9.17, 15) is 13.6 Å². The number of hydrogen-bond acceptors (Lipinski definition) is 5. The van der Waals surface area contributed by atoms with Crippen molar-refractivity contribution >= 4 is 17.3 Å². The molecule has 0 radical (unpaired) electrons. The third-order valence-corrected chi connectivity index (χ3v) is 4.60. The van der Waals surface area contributed by atoms with Crippen molar-refractivity contribution in [2.75, 3.05) is 0 Å². The number of aromatic nitrogens is 3. The van der Waals surface area contributed by atoms with Gasteiger partial charge in [0, 0.05) is 24.0 Å². The topological polar surface area (TPSA) is 80.9 Å². The maximum absolute atomic E-state index is 13.7. The number of halogens is 3. The number of nitrogens with one attached hydrogen (secondary N) is 1. The monoisotopic (exact) mass is 418 g/mol. The van der Waals surface area contributed by atoms with E-state index in [-0.39, 0.29) is 28.8 Å². The van der Waals surface area contributed by atoms with Gasteiger partial charge >= 0.3 is 0 Å². The molecule has 0 aliphatic rings. The Hall–Kier alpha value is -3.13. The summed E-state index contributed by atoms with van der Waals surface area (Å²) < 4.78 is 33.6. The predicted molar refractivity (Wildman–Crippen MR) is 105 cm³/mol. The second-order valence-corrected chi connectivity index (χ2v) is 6.83. The highest BCUT2D eigenvalue weighted by atomic mass is 35.5. The lowest BCUT2D eigenvalue weighted by atomic mass is 10.1. The van der Waals surface area contributed by atoms with Gasteiger partial charge in [-0.15, -0.1) is 0 Å². The molecule has 0 saturated heterocycles. The van der Waals surface area contributed by atoms with Crippen molar-refractivity contribution in [1.29, 1.82) is 5.41 Å². The van der Waals surface area contributed by atoms with Gasteiger partial charge in [0.1, 0.15) is 28.9 Å². The molecule has 1 N–H and O–H groups in total. The molecule has 0 bridgehead atoms. The van der Waals surface area contributed by atoms with Gasteiger partial charge in [-0.05, 0) is 32.4 Å². The molecule has 6 nitrogen and oxygen atoms in total. The zero-order chi connectivity index (χ0) is 21.3. The van der Waals surface area contributed by atoms with E-state index in [2.05, 4.69) is 9.97 Å². The number of nitrogens with zero attached hydrogens (tertiary/aromatic N) is 3. The highest BCUT2D eigenvalue weighted by Gasteiger charge is 2.17. The van der Waals surface area contributed by atoms with Gasteiger partial charge in [0.15, 0.2) is 5.82 Å². The van der Waals surface area contributed by atoms with Gasteiger partial charge in [-0.25, -0.2) is 8.78 Å². The minimum absolute atomic E-state index is 0.0612. The number of hydrogen-bond donors (Lipinski definition) is 1. The second-order valence-electron chi connectivity index (χ2n) is 6.46. The Morgan fingerprint density at radius 2 is 1.93 bits per heavy atom. The van der Waals surface area contributed by atoms with Gasteiger partial charge in [0.2, 0.25) is 0 Å². The number of rotatable bonds is 5.